The molecule has 2 rings (SSSR count). The Balaban J connectivity index is 1.97. The predicted molar refractivity (Wildman–Crippen MR) is 87.4 cm³/mol. The number of carbonyl (C=O) groups is 1. The van der Waals surface area contributed by atoms with E-state index in [1.54, 1.807) is 12.0 Å². The van der Waals surface area contributed by atoms with Crippen LogP contribution in [0.5, 0.6) is 0 Å². The number of amides is 1. The highest BCUT2D eigenvalue weighted by atomic mass is 16.6. The molecule has 0 aliphatic carbocycles. The largest absolute Gasteiger partial charge is 0.465 e. The summed E-state index contributed by atoms with van der Waals surface area (Å²) in [6.07, 6.45) is -0.369. The quantitative estimate of drug-likeness (QED) is 0.922. The van der Waals surface area contributed by atoms with Crippen LogP contribution in [0.3, 0.4) is 0 Å². The van der Waals surface area contributed by atoms with Gasteiger partial charge in [0.05, 0.1) is 24.7 Å². The van der Waals surface area contributed by atoms with Crippen molar-refractivity contribution in [1.82, 2.24) is 10.2 Å². The summed E-state index contributed by atoms with van der Waals surface area (Å²) in [6, 6.07) is 4.00. The molecule has 6 nitrogen and oxygen atoms in total. The van der Waals surface area contributed by atoms with Crippen molar-refractivity contribution in [1.29, 1.82) is 0 Å². The Morgan fingerprint density at radius 2 is 2.09 bits per heavy atom. The molecule has 130 valence electrons. The van der Waals surface area contributed by atoms with Crippen molar-refractivity contribution in [3.8, 4) is 0 Å². The molecule has 3 atom stereocenters. The molecule has 0 aromatic carbocycles. The number of aryl methyl sites for hydroxylation is 1. The number of likely N-dealkylation sites (tertiary alicyclic amines) is 1. The Bertz CT molecular complexity index is 535. The average molecular weight is 324 g/mol. The second kappa shape index (κ2) is 6.93. The minimum Gasteiger partial charge on any atom is -0.465 e. The zero-order chi connectivity index (χ0) is 17.2. The van der Waals surface area contributed by atoms with Gasteiger partial charge in [-0.2, -0.15) is 0 Å². The van der Waals surface area contributed by atoms with Gasteiger partial charge >= 0.3 is 6.09 Å². The first-order valence-corrected chi connectivity index (χ1v) is 8.02. The Hall–Kier alpha value is -1.53. The van der Waals surface area contributed by atoms with Crippen molar-refractivity contribution < 1.29 is 18.7 Å². The van der Waals surface area contributed by atoms with E-state index in [2.05, 4.69) is 5.32 Å². The van der Waals surface area contributed by atoms with E-state index in [4.69, 9.17) is 13.9 Å². The SMILES string of the molecule is CO[C@H]1CN(C(=O)OC(C)(C)C)CC1NC(C)c1ccc(C)o1. The fourth-order valence-electron chi connectivity index (χ4n) is 2.74. The van der Waals surface area contributed by atoms with E-state index in [-0.39, 0.29) is 24.3 Å². The number of nitrogens with zero attached hydrogens (tertiary/aromatic N) is 1. The van der Waals surface area contributed by atoms with Crippen LogP contribution in [0.4, 0.5) is 4.79 Å². The fourth-order valence-corrected chi connectivity index (χ4v) is 2.74. The van der Waals surface area contributed by atoms with Crippen LogP contribution in [-0.2, 0) is 9.47 Å². The Morgan fingerprint density at radius 3 is 2.61 bits per heavy atom. The van der Waals surface area contributed by atoms with Crippen LogP contribution in [0.15, 0.2) is 16.5 Å². The minimum atomic E-state index is -0.496. The molecule has 0 spiro atoms. The Kier molecular flexibility index (Phi) is 5.37. The van der Waals surface area contributed by atoms with E-state index in [0.29, 0.717) is 13.1 Å². The van der Waals surface area contributed by atoms with E-state index in [0.717, 1.165) is 11.5 Å². The maximum atomic E-state index is 12.2. The number of ether oxygens (including phenoxy) is 2. The summed E-state index contributed by atoms with van der Waals surface area (Å²) in [6.45, 7) is 10.6. The molecule has 1 aliphatic heterocycles. The lowest BCUT2D eigenvalue weighted by molar-refractivity contribution is 0.0252. The van der Waals surface area contributed by atoms with Gasteiger partial charge in [0.15, 0.2) is 0 Å². The van der Waals surface area contributed by atoms with Crippen LogP contribution < -0.4 is 5.32 Å². The van der Waals surface area contributed by atoms with E-state index < -0.39 is 5.60 Å². The molecular weight excluding hydrogens is 296 g/mol. The van der Waals surface area contributed by atoms with Gasteiger partial charge in [-0.1, -0.05) is 0 Å². The molecule has 1 saturated heterocycles. The molecule has 2 unspecified atom stereocenters. The molecular formula is C17H28N2O4. The first-order valence-electron chi connectivity index (χ1n) is 8.02. The molecule has 1 fully saturated rings. The van der Waals surface area contributed by atoms with Gasteiger partial charge in [-0.3, -0.25) is 0 Å². The summed E-state index contributed by atoms with van der Waals surface area (Å²) >= 11 is 0. The molecule has 0 radical (unpaired) electrons. The molecule has 6 heteroatoms. The first-order chi connectivity index (χ1) is 10.7. The van der Waals surface area contributed by atoms with Gasteiger partial charge in [-0.05, 0) is 46.8 Å². The molecule has 1 aliphatic rings. The van der Waals surface area contributed by atoms with Gasteiger partial charge in [0.25, 0.3) is 0 Å². The molecule has 1 amide bonds. The van der Waals surface area contributed by atoms with E-state index >= 15 is 0 Å². The van der Waals surface area contributed by atoms with Gasteiger partial charge < -0.3 is 24.1 Å². The fraction of sp³-hybridized carbons (Fsp3) is 0.706. The zero-order valence-corrected chi connectivity index (χ0v) is 14.9. The van der Waals surface area contributed by atoms with Crippen molar-refractivity contribution in [2.24, 2.45) is 0 Å². The first kappa shape index (κ1) is 17.8. The smallest absolute Gasteiger partial charge is 0.410 e. The van der Waals surface area contributed by atoms with Crippen LogP contribution in [-0.4, -0.2) is 48.9 Å². The van der Waals surface area contributed by atoms with E-state index in [1.807, 2.05) is 46.8 Å². The Morgan fingerprint density at radius 1 is 1.39 bits per heavy atom. The van der Waals surface area contributed by atoms with E-state index in [9.17, 15) is 4.79 Å². The molecule has 1 N–H and O–H groups in total. The lowest BCUT2D eigenvalue weighted by atomic mass is 10.1. The molecule has 1 aromatic rings. The topological polar surface area (TPSA) is 63.9 Å². The summed E-state index contributed by atoms with van der Waals surface area (Å²) in [4.78, 5) is 13.9. The van der Waals surface area contributed by atoms with Crippen LogP contribution >= 0.6 is 0 Å². The van der Waals surface area contributed by atoms with Crippen LogP contribution in [0.2, 0.25) is 0 Å². The van der Waals surface area contributed by atoms with Crippen LogP contribution in [0.25, 0.3) is 0 Å². The molecule has 1 aromatic heterocycles. The summed E-state index contributed by atoms with van der Waals surface area (Å²) in [7, 11) is 1.67. The third kappa shape index (κ3) is 4.72. The van der Waals surface area contributed by atoms with Gasteiger partial charge in [-0.25, -0.2) is 4.79 Å². The van der Waals surface area contributed by atoms with Gasteiger partial charge in [0.1, 0.15) is 17.1 Å². The number of furan rings is 1. The minimum absolute atomic E-state index is 0.0351. The molecule has 0 saturated carbocycles. The number of rotatable bonds is 4. The standard InChI is InChI=1S/C17H28N2O4/c1-11-7-8-14(22-11)12(2)18-13-9-19(10-15(13)21-6)16(20)23-17(3,4)5/h7-8,12-13,15,18H,9-10H2,1-6H3/t12?,13?,15-/m0/s1. The average Bonchev–Trinajstić information content (AvgIpc) is 3.03. The number of nitrogens with one attached hydrogen (secondary N) is 1. The van der Waals surface area contributed by atoms with Gasteiger partial charge in [0, 0.05) is 13.7 Å². The van der Waals surface area contributed by atoms with Gasteiger partial charge in [-0.15, -0.1) is 0 Å². The number of hydrogen-bond donors (Lipinski definition) is 1. The second-order valence-electron chi connectivity index (χ2n) is 7.10. The summed E-state index contributed by atoms with van der Waals surface area (Å²) in [5.41, 5.74) is -0.496. The predicted octanol–water partition coefficient (Wildman–Crippen LogP) is 2.87. The molecule has 2 heterocycles. The van der Waals surface area contributed by atoms with E-state index in [1.165, 1.54) is 0 Å². The summed E-state index contributed by atoms with van der Waals surface area (Å²) in [5, 5.41) is 3.49. The van der Waals surface area contributed by atoms with Crippen molar-refractivity contribution in [2.75, 3.05) is 20.2 Å². The molecule has 0 bridgehead atoms. The third-order valence-corrected chi connectivity index (χ3v) is 3.87. The molecule has 23 heavy (non-hydrogen) atoms. The lowest BCUT2D eigenvalue weighted by Gasteiger charge is -2.24. The highest BCUT2D eigenvalue weighted by Gasteiger charge is 2.38. The highest BCUT2D eigenvalue weighted by molar-refractivity contribution is 5.68. The third-order valence-electron chi connectivity index (χ3n) is 3.87. The van der Waals surface area contributed by atoms with Crippen molar-refractivity contribution in [3.05, 3.63) is 23.7 Å². The van der Waals surface area contributed by atoms with Gasteiger partial charge in [0.2, 0.25) is 0 Å². The summed E-state index contributed by atoms with van der Waals surface area (Å²) in [5.74, 6) is 1.77. The maximum Gasteiger partial charge on any atom is 0.410 e. The maximum absolute atomic E-state index is 12.2. The van der Waals surface area contributed by atoms with Crippen LogP contribution in [0, 0.1) is 6.92 Å². The van der Waals surface area contributed by atoms with Crippen molar-refractivity contribution >= 4 is 6.09 Å². The van der Waals surface area contributed by atoms with Crippen molar-refractivity contribution in [3.63, 3.8) is 0 Å². The number of carbonyl (C=O) groups excluding carboxylic acids is 1. The number of hydrogen-bond acceptors (Lipinski definition) is 5. The normalized spacial score (nSPS) is 23.1. The summed E-state index contributed by atoms with van der Waals surface area (Å²) < 4.78 is 16.6. The monoisotopic (exact) mass is 324 g/mol. The zero-order valence-electron chi connectivity index (χ0n) is 14.9. The van der Waals surface area contributed by atoms with Crippen LogP contribution in [0.1, 0.15) is 45.3 Å². The Labute approximate surface area is 138 Å². The lowest BCUT2D eigenvalue weighted by Crippen LogP contribution is -2.41. The van der Waals surface area contributed by atoms with Crippen molar-refractivity contribution in [2.45, 2.75) is 58.4 Å². The number of methoxy groups -OCH3 is 1. The second-order valence-corrected chi connectivity index (χ2v) is 7.10. The highest BCUT2D eigenvalue weighted by Crippen LogP contribution is 2.22.